The third kappa shape index (κ3) is 3.16. The van der Waals surface area contributed by atoms with Gasteiger partial charge >= 0.3 is 0 Å². The molecule has 1 fully saturated rings. The Kier molecular flexibility index (Phi) is 3.79. The highest BCUT2D eigenvalue weighted by Gasteiger charge is 2.34. The van der Waals surface area contributed by atoms with Gasteiger partial charge < -0.3 is 4.74 Å². The zero-order valence-corrected chi connectivity index (χ0v) is 10.8. The number of rotatable bonds is 2. The van der Waals surface area contributed by atoms with Gasteiger partial charge in [0.25, 0.3) is 0 Å². The molecule has 15 heavy (non-hydrogen) atoms. The van der Waals surface area contributed by atoms with Gasteiger partial charge in [-0.25, -0.2) is 8.42 Å². The Hall–Kier alpha value is -0.130. The first-order valence-electron chi connectivity index (χ1n) is 5.37. The summed E-state index contributed by atoms with van der Waals surface area (Å²) in [6.07, 6.45) is -0.00688. The van der Waals surface area contributed by atoms with Crippen LogP contribution in [0.4, 0.5) is 0 Å². The molecule has 0 aliphatic carbocycles. The minimum absolute atomic E-state index is 0.00688. The van der Waals surface area contributed by atoms with Gasteiger partial charge in [-0.1, -0.05) is 20.8 Å². The molecule has 1 unspecified atom stereocenters. The average molecular weight is 235 g/mol. The molecule has 5 heteroatoms. The van der Waals surface area contributed by atoms with Crippen LogP contribution < -0.4 is 0 Å². The minimum Gasteiger partial charge on any atom is -0.375 e. The van der Waals surface area contributed by atoms with Crippen LogP contribution in [0.25, 0.3) is 0 Å². The molecule has 1 rings (SSSR count). The van der Waals surface area contributed by atoms with E-state index in [-0.39, 0.29) is 17.3 Å². The summed E-state index contributed by atoms with van der Waals surface area (Å²) in [5.74, 6) is 0.170. The van der Waals surface area contributed by atoms with Crippen molar-refractivity contribution in [3.8, 4) is 0 Å². The highest BCUT2D eigenvalue weighted by molar-refractivity contribution is 7.89. The smallest absolute Gasteiger partial charge is 0.213 e. The van der Waals surface area contributed by atoms with Crippen LogP contribution in [-0.2, 0) is 14.8 Å². The fourth-order valence-corrected chi connectivity index (χ4v) is 2.67. The largest absolute Gasteiger partial charge is 0.375 e. The van der Waals surface area contributed by atoms with Crippen molar-refractivity contribution in [2.24, 2.45) is 5.41 Å². The van der Waals surface area contributed by atoms with E-state index in [0.717, 1.165) is 0 Å². The molecule has 1 heterocycles. The van der Waals surface area contributed by atoms with Crippen molar-refractivity contribution in [2.45, 2.75) is 33.8 Å². The van der Waals surface area contributed by atoms with Gasteiger partial charge in [0.05, 0.1) is 18.5 Å². The molecule has 1 aliphatic rings. The number of morpholine rings is 1. The van der Waals surface area contributed by atoms with Crippen LogP contribution in [0.2, 0.25) is 0 Å². The minimum atomic E-state index is -3.06. The predicted molar refractivity (Wildman–Crippen MR) is 60.2 cm³/mol. The second-order valence-corrected chi connectivity index (χ2v) is 7.24. The third-order valence-corrected chi connectivity index (χ3v) is 4.60. The molecule has 4 nitrogen and oxygen atoms in total. The van der Waals surface area contributed by atoms with Gasteiger partial charge in [-0.2, -0.15) is 4.31 Å². The molecular weight excluding hydrogens is 214 g/mol. The Morgan fingerprint density at radius 2 is 2.00 bits per heavy atom. The van der Waals surface area contributed by atoms with Gasteiger partial charge in [-0.05, 0) is 12.3 Å². The molecule has 0 aromatic heterocycles. The molecule has 0 amide bonds. The van der Waals surface area contributed by atoms with Crippen LogP contribution in [0.5, 0.6) is 0 Å². The Balaban J connectivity index is 2.73. The van der Waals surface area contributed by atoms with Crippen molar-refractivity contribution in [3.63, 3.8) is 0 Å². The number of sulfonamides is 1. The van der Waals surface area contributed by atoms with E-state index < -0.39 is 10.0 Å². The summed E-state index contributed by atoms with van der Waals surface area (Å²) in [6.45, 7) is 9.36. The van der Waals surface area contributed by atoms with Crippen molar-refractivity contribution in [1.29, 1.82) is 0 Å². The van der Waals surface area contributed by atoms with Crippen LogP contribution in [0.1, 0.15) is 27.7 Å². The second kappa shape index (κ2) is 4.39. The highest BCUT2D eigenvalue weighted by Crippen LogP contribution is 2.26. The fraction of sp³-hybridized carbons (Fsp3) is 1.00. The molecule has 0 radical (unpaired) electrons. The summed E-state index contributed by atoms with van der Waals surface area (Å²) in [5.41, 5.74) is -0.0120. The maximum absolute atomic E-state index is 11.7. The molecule has 0 aromatic carbocycles. The van der Waals surface area contributed by atoms with Crippen molar-refractivity contribution < 1.29 is 13.2 Å². The maximum atomic E-state index is 11.7. The first-order valence-corrected chi connectivity index (χ1v) is 6.97. The van der Waals surface area contributed by atoms with E-state index in [0.29, 0.717) is 19.7 Å². The lowest BCUT2D eigenvalue weighted by molar-refractivity contribution is -0.0590. The van der Waals surface area contributed by atoms with Crippen molar-refractivity contribution in [2.75, 3.05) is 25.4 Å². The van der Waals surface area contributed by atoms with E-state index >= 15 is 0 Å². The lowest BCUT2D eigenvalue weighted by Gasteiger charge is -2.38. The Labute approximate surface area is 92.7 Å². The van der Waals surface area contributed by atoms with Gasteiger partial charge in [0, 0.05) is 13.1 Å². The Bertz CT molecular complexity index is 305. The molecule has 1 atom stereocenters. The summed E-state index contributed by atoms with van der Waals surface area (Å²) in [5, 5.41) is 0. The number of ether oxygens (including phenoxy) is 1. The molecule has 0 saturated carbocycles. The normalized spacial score (nSPS) is 25.5. The van der Waals surface area contributed by atoms with Crippen LogP contribution in [0.15, 0.2) is 0 Å². The van der Waals surface area contributed by atoms with Crippen LogP contribution >= 0.6 is 0 Å². The predicted octanol–water partition coefficient (Wildman–Crippen LogP) is 1.08. The van der Waals surface area contributed by atoms with E-state index in [1.807, 2.05) is 0 Å². The maximum Gasteiger partial charge on any atom is 0.213 e. The fourth-order valence-electron chi connectivity index (χ4n) is 1.58. The van der Waals surface area contributed by atoms with E-state index in [1.165, 1.54) is 0 Å². The molecule has 1 saturated heterocycles. The highest BCUT2D eigenvalue weighted by atomic mass is 32.2. The molecular formula is C10H21NO3S. The SMILES string of the molecule is CCS(=O)(=O)N1CCOC(C(C)(C)C)C1. The molecule has 0 spiro atoms. The molecule has 90 valence electrons. The summed E-state index contributed by atoms with van der Waals surface area (Å²) < 4.78 is 30.5. The van der Waals surface area contributed by atoms with Gasteiger partial charge in [0.1, 0.15) is 0 Å². The van der Waals surface area contributed by atoms with Crippen LogP contribution in [0, 0.1) is 5.41 Å². The van der Waals surface area contributed by atoms with Gasteiger partial charge in [-0.3, -0.25) is 0 Å². The van der Waals surface area contributed by atoms with Crippen LogP contribution in [0.3, 0.4) is 0 Å². The van der Waals surface area contributed by atoms with Crippen LogP contribution in [-0.4, -0.2) is 44.3 Å². The van der Waals surface area contributed by atoms with Gasteiger partial charge in [0.15, 0.2) is 0 Å². The van der Waals surface area contributed by atoms with Gasteiger partial charge in [0.2, 0.25) is 10.0 Å². The summed E-state index contributed by atoms with van der Waals surface area (Å²) >= 11 is 0. The standard InChI is InChI=1S/C10H21NO3S/c1-5-15(12,13)11-6-7-14-9(8-11)10(2,3)4/h9H,5-8H2,1-4H3. The topological polar surface area (TPSA) is 46.6 Å². The summed E-state index contributed by atoms with van der Waals surface area (Å²) in [6, 6.07) is 0. The lowest BCUT2D eigenvalue weighted by Crippen LogP contribution is -2.50. The first-order chi connectivity index (χ1) is 6.77. The van der Waals surface area contributed by atoms with E-state index in [4.69, 9.17) is 4.74 Å². The zero-order chi connectivity index (χ0) is 11.7. The second-order valence-electron chi connectivity index (χ2n) is 4.98. The van der Waals surface area contributed by atoms with E-state index in [2.05, 4.69) is 20.8 Å². The monoisotopic (exact) mass is 235 g/mol. The van der Waals surface area contributed by atoms with Crippen molar-refractivity contribution >= 4 is 10.0 Å². The molecule has 0 bridgehead atoms. The summed E-state index contributed by atoms with van der Waals surface area (Å²) in [7, 11) is -3.06. The number of hydrogen-bond acceptors (Lipinski definition) is 3. The zero-order valence-electron chi connectivity index (χ0n) is 9.99. The first kappa shape index (κ1) is 12.9. The number of hydrogen-bond donors (Lipinski definition) is 0. The van der Waals surface area contributed by atoms with Crippen molar-refractivity contribution in [3.05, 3.63) is 0 Å². The van der Waals surface area contributed by atoms with E-state index in [1.54, 1.807) is 11.2 Å². The number of nitrogens with zero attached hydrogens (tertiary/aromatic N) is 1. The molecule has 0 N–H and O–H groups in total. The van der Waals surface area contributed by atoms with Gasteiger partial charge in [-0.15, -0.1) is 0 Å². The van der Waals surface area contributed by atoms with E-state index in [9.17, 15) is 8.42 Å². The quantitative estimate of drug-likeness (QED) is 0.719. The Morgan fingerprint density at radius 1 is 1.40 bits per heavy atom. The third-order valence-electron chi connectivity index (χ3n) is 2.75. The van der Waals surface area contributed by atoms with Crippen molar-refractivity contribution in [1.82, 2.24) is 4.31 Å². The Morgan fingerprint density at radius 3 is 2.47 bits per heavy atom. The lowest BCUT2D eigenvalue weighted by atomic mass is 9.88. The molecule has 1 aliphatic heterocycles. The molecule has 0 aromatic rings. The summed E-state index contributed by atoms with van der Waals surface area (Å²) in [4.78, 5) is 0. The average Bonchev–Trinajstić information content (AvgIpc) is 2.17.